The first-order valence-electron chi connectivity index (χ1n) is 8.94. The van der Waals surface area contributed by atoms with Crippen LogP contribution in [0.15, 0.2) is 36.9 Å². The minimum atomic E-state index is -0.195. The summed E-state index contributed by atoms with van der Waals surface area (Å²) in [5, 5.41) is 8.60. The third-order valence-corrected chi connectivity index (χ3v) is 4.72. The summed E-state index contributed by atoms with van der Waals surface area (Å²) in [6.45, 7) is 11.6. The Bertz CT molecular complexity index is 877. The van der Waals surface area contributed by atoms with Crippen LogP contribution in [0.4, 0.5) is 5.69 Å². The van der Waals surface area contributed by atoms with Gasteiger partial charge in [0.1, 0.15) is 5.82 Å². The van der Waals surface area contributed by atoms with Crippen molar-refractivity contribution in [2.24, 2.45) is 0 Å². The number of carbonyl (C=O) groups is 2. The summed E-state index contributed by atoms with van der Waals surface area (Å²) >= 11 is 0. The average molecular weight is 367 g/mol. The maximum absolute atomic E-state index is 12.9. The number of carbonyl (C=O) groups excluding carboxylic acids is 2. The molecule has 0 saturated heterocycles. The standard InChI is InChI=1S/C20H25N5O2/c1-6-17(26)23(5)15-9-7-14(8-10-15)18(27)24-11-12-25-16(13-24)21-22-19(25)20(2,3)4/h6-10H,1,11-13H2,2-5H3. The lowest BCUT2D eigenvalue weighted by Crippen LogP contribution is -2.39. The van der Waals surface area contributed by atoms with Crippen LogP contribution in [0.1, 0.15) is 42.8 Å². The number of anilines is 1. The molecule has 27 heavy (non-hydrogen) atoms. The predicted molar refractivity (Wildman–Crippen MR) is 104 cm³/mol. The minimum absolute atomic E-state index is 0.0502. The van der Waals surface area contributed by atoms with E-state index < -0.39 is 0 Å². The monoisotopic (exact) mass is 367 g/mol. The molecule has 1 aliphatic rings. The first-order chi connectivity index (χ1) is 12.7. The SMILES string of the molecule is C=CC(=O)N(C)c1ccc(C(=O)N2CCn3c(nnc3C(C)(C)C)C2)cc1. The largest absolute Gasteiger partial charge is 0.329 e. The van der Waals surface area contributed by atoms with E-state index in [1.807, 2.05) is 0 Å². The number of nitrogens with zero attached hydrogens (tertiary/aromatic N) is 5. The third kappa shape index (κ3) is 3.63. The molecule has 0 fully saturated rings. The number of benzene rings is 1. The van der Waals surface area contributed by atoms with E-state index in [-0.39, 0.29) is 17.2 Å². The Hall–Kier alpha value is -2.96. The van der Waals surface area contributed by atoms with Crippen LogP contribution in [0.5, 0.6) is 0 Å². The fourth-order valence-electron chi connectivity index (χ4n) is 3.16. The Morgan fingerprint density at radius 3 is 2.41 bits per heavy atom. The third-order valence-electron chi connectivity index (χ3n) is 4.72. The molecule has 2 amide bonds. The molecule has 0 atom stereocenters. The molecule has 0 unspecified atom stereocenters. The van der Waals surface area contributed by atoms with Gasteiger partial charge < -0.3 is 14.4 Å². The Balaban J connectivity index is 1.75. The molecule has 2 heterocycles. The Kier molecular flexibility index (Phi) is 4.87. The zero-order chi connectivity index (χ0) is 19.8. The summed E-state index contributed by atoms with van der Waals surface area (Å²) in [5.41, 5.74) is 1.22. The van der Waals surface area contributed by atoms with Crippen molar-refractivity contribution in [2.45, 2.75) is 39.3 Å². The zero-order valence-corrected chi connectivity index (χ0v) is 16.3. The van der Waals surface area contributed by atoms with Crippen molar-refractivity contribution in [3.05, 3.63) is 54.1 Å². The number of amides is 2. The van der Waals surface area contributed by atoms with E-state index in [1.54, 1.807) is 36.2 Å². The second-order valence-electron chi connectivity index (χ2n) is 7.72. The van der Waals surface area contributed by atoms with Gasteiger partial charge in [0.15, 0.2) is 5.82 Å². The lowest BCUT2D eigenvalue weighted by Gasteiger charge is -2.29. The molecule has 142 valence electrons. The summed E-state index contributed by atoms with van der Waals surface area (Å²) in [6.07, 6.45) is 1.26. The molecule has 0 bridgehead atoms. The quantitative estimate of drug-likeness (QED) is 0.781. The Morgan fingerprint density at radius 2 is 1.81 bits per heavy atom. The fourth-order valence-corrected chi connectivity index (χ4v) is 3.16. The van der Waals surface area contributed by atoms with Gasteiger partial charge in [-0.25, -0.2) is 0 Å². The van der Waals surface area contributed by atoms with Crippen LogP contribution in [0, 0.1) is 0 Å². The first kappa shape index (κ1) is 18.8. The lowest BCUT2D eigenvalue weighted by atomic mass is 9.95. The Morgan fingerprint density at radius 1 is 1.15 bits per heavy atom. The predicted octanol–water partition coefficient (Wildman–Crippen LogP) is 2.38. The van der Waals surface area contributed by atoms with Crippen molar-refractivity contribution in [2.75, 3.05) is 18.5 Å². The van der Waals surface area contributed by atoms with Crippen molar-refractivity contribution in [3.63, 3.8) is 0 Å². The number of fused-ring (bicyclic) bond motifs is 1. The van der Waals surface area contributed by atoms with Crippen LogP contribution in [-0.2, 0) is 23.3 Å². The van der Waals surface area contributed by atoms with Gasteiger partial charge in [-0.3, -0.25) is 9.59 Å². The van der Waals surface area contributed by atoms with Crippen LogP contribution in [-0.4, -0.2) is 45.1 Å². The second-order valence-corrected chi connectivity index (χ2v) is 7.72. The van der Waals surface area contributed by atoms with Gasteiger partial charge in [0, 0.05) is 36.8 Å². The van der Waals surface area contributed by atoms with Gasteiger partial charge in [-0.2, -0.15) is 0 Å². The molecule has 3 rings (SSSR count). The molecule has 0 saturated carbocycles. The van der Waals surface area contributed by atoms with Gasteiger partial charge in [0.05, 0.1) is 6.54 Å². The van der Waals surface area contributed by atoms with Crippen molar-refractivity contribution in [1.82, 2.24) is 19.7 Å². The zero-order valence-electron chi connectivity index (χ0n) is 16.3. The number of rotatable bonds is 3. The molecular weight excluding hydrogens is 342 g/mol. The van der Waals surface area contributed by atoms with E-state index in [4.69, 9.17) is 0 Å². The van der Waals surface area contributed by atoms with Crippen LogP contribution >= 0.6 is 0 Å². The van der Waals surface area contributed by atoms with E-state index in [0.717, 1.165) is 11.6 Å². The molecule has 2 aromatic rings. The average Bonchev–Trinajstić information content (AvgIpc) is 3.10. The number of likely N-dealkylation sites (N-methyl/N-ethyl adjacent to an activating group) is 1. The number of hydrogen-bond acceptors (Lipinski definition) is 4. The van der Waals surface area contributed by atoms with Crippen LogP contribution < -0.4 is 4.90 Å². The highest BCUT2D eigenvalue weighted by molar-refractivity contribution is 6.01. The van der Waals surface area contributed by atoms with E-state index in [1.165, 1.54) is 11.0 Å². The summed E-state index contributed by atoms with van der Waals surface area (Å²) in [4.78, 5) is 27.8. The lowest BCUT2D eigenvalue weighted by molar-refractivity contribution is -0.113. The molecule has 7 heteroatoms. The van der Waals surface area contributed by atoms with Gasteiger partial charge in [0.2, 0.25) is 5.91 Å². The molecular formula is C20H25N5O2. The summed E-state index contributed by atoms with van der Waals surface area (Å²) in [7, 11) is 1.67. The van der Waals surface area contributed by atoms with E-state index >= 15 is 0 Å². The first-order valence-corrected chi connectivity index (χ1v) is 8.94. The summed E-state index contributed by atoms with van der Waals surface area (Å²) in [6, 6.07) is 7.01. The molecule has 0 aliphatic carbocycles. The maximum Gasteiger partial charge on any atom is 0.254 e. The molecule has 0 N–H and O–H groups in total. The van der Waals surface area contributed by atoms with Gasteiger partial charge in [-0.05, 0) is 30.3 Å². The van der Waals surface area contributed by atoms with Crippen LogP contribution in [0.25, 0.3) is 0 Å². The second kappa shape index (κ2) is 6.98. The van der Waals surface area contributed by atoms with Gasteiger partial charge in [-0.15, -0.1) is 10.2 Å². The van der Waals surface area contributed by atoms with Crippen molar-refractivity contribution in [1.29, 1.82) is 0 Å². The number of hydrogen-bond donors (Lipinski definition) is 0. The van der Waals surface area contributed by atoms with Gasteiger partial charge in [-0.1, -0.05) is 27.4 Å². The summed E-state index contributed by atoms with van der Waals surface area (Å²) in [5.74, 6) is 1.52. The molecule has 1 aromatic heterocycles. The smallest absolute Gasteiger partial charge is 0.254 e. The topological polar surface area (TPSA) is 71.3 Å². The fraction of sp³-hybridized carbons (Fsp3) is 0.400. The summed E-state index contributed by atoms with van der Waals surface area (Å²) < 4.78 is 2.11. The normalized spacial score (nSPS) is 13.9. The maximum atomic E-state index is 12.9. The molecule has 7 nitrogen and oxygen atoms in total. The molecule has 0 spiro atoms. The highest BCUT2D eigenvalue weighted by Gasteiger charge is 2.29. The van der Waals surface area contributed by atoms with Crippen molar-refractivity contribution >= 4 is 17.5 Å². The molecule has 0 radical (unpaired) electrons. The minimum Gasteiger partial charge on any atom is -0.329 e. The highest BCUT2D eigenvalue weighted by atomic mass is 16.2. The van der Waals surface area contributed by atoms with E-state index in [2.05, 4.69) is 42.1 Å². The van der Waals surface area contributed by atoms with Crippen LogP contribution in [0.2, 0.25) is 0 Å². The van der Waals surface area contributed by atoms with E-state index in [9.17, 15) is 9.59 Å². The highest BCUT2D eigenvalue weighted by Crippen LogP contribution is 2.24. The van der Waals surface area contributed by atoms with Crippen LogP contribution in [0.3, 0.4) is 0 Å². The number of aromatic nitrogens is 3. The van der Waals surface area contributed by atoms with E-state index in [0.29, 0.717) is 30.9 Å². The van der Waals surface area contributed by atoms with Gasteiger partial charge in [0.25, 0.3) is 5.91 Å². The Labute approximate surface area is 159 Å². The molecule has 1 aliphatic heterocycles. The molecule has 1 aromatic carbocycles. The van der Waals surface area contributed by atoms with Crippen molar-refractivity contribution < 1.29 is 9.59 Å². The van der Waals surface area contributed by atoms with Gasteiger partial charge >= 0.3 is 0 Å². The van der Waals surface area contributed by atoms with Crippen molar-refractivity contribution in [3.8, 4) is 0 Å².